The molecule has 0 fully saturated rings. The maximum Gasteiger partial charge on any atom is 0.251 e. The SMILES string of the molecule is CC(C(=O)Nc1ccccc1Cl)n1ccccc1=O. The van der Waals surface area contributed by atoms with Crippen molar-refractivity contribution in [2.75, 3.05) is 5.32 Å². The summed E-state index contributed by atoms with van der Waals surface area (Å²) in [5.74, 6) is -0.290. The number of halogens is 1. The predicted molar refractivity (Wildman–Crippen MR) is 75.5 cm³/mol. The highest BCUT2D eigenvalue weighted by Gasteiger charge is 2.16. The van der Waals surface area contributed by atoms with Crippen LogP contribution in [-0.4, -0.2) is 10.5 Å². The van der Waals surface area contributed by atoms with Gasteiger partial charge in [0.05, 0.1) is 10.7 Å². The molecule has 19 heavy (non-hydrogen) atoms. The molecule has 1 atom stereocenters. The first-order valence-electron chi connectivity index (χ1n) is 5.82. The molecule has 0 spiro atoms. The highest BCUT2D eigenvalue weighted by atomic mass is 35.5. The zero-order valence-corrected chi connectivity index (χ0v) is 11.1. The van der Waals surface area contributed by atoms with Gasteiger partial charge in [-0.1, -0.05) is 29.8 Å². The summed E-state index contributed by atoms with van der Waals surface area (Å²) < 4.78 is 1.37. The molecule has 0 saturated heterocycles. The Hall–Kier alpha value is -2.07. The van der Waals surface area contributed by atoms with E-state index in [1.807, 2.05) is 0 Å². The van der Waals surface area contributed by atoms with Gasteiger partial charge in [0.1, 0.15) is 6.04 Å². The minimum absolute atomic E-state index is 0.218. The van der Waals surface area contributed by atoms with Gasteiger partial charge in [0.15, 0.2) is 0 Å². The van der Waals surface area contributed by atoms with E-state index in [-0.39, 0.29) is 11.5 Å². The summed E-state index contributed by atoms with van der Waals surface area (Å²) in [5, 5.41) is 3.17. The fraction of sp³-hybridized carbons (Fsp3) is 0.143. The van der Waals surface area contributed by atoms with Crippen molar-refractivity contribution in [3.8, 4) is 0 Å². The Bertz CT molecular complexity index is 652. The molecule has 0 aliphatic heterocycles. The number of aromatic nitrogens is 1. The van der Waals surface area contributed by atoms with Crippen LogP contribution in [0.5, 0.6) is 0 Å². The van der Waals surface area contributed by atoms with Crippen LogP contribution in [0.15, 0.2) is 53.5 Å². The minimum Gasteiger partial charge on any atom is -0.323 e. The Morgan fingerprint density at radius 1 is 1.21 bits per heavy atom. The first-order chi connectivity index (χ1) is 9.09. The molecule has 0 bridgehead atoms. The molecule has 1 aromatic heterocycles. The van der Waals surface area contributed by atoms with Crippen LogP contribution < -0.4 is 10.9 Å². The van der Waals surface area contributed by atoms with Crippen LogP contribution in [0.2, 0.25) is 5.02 Å². The maximum absolute atomic E-state index is 12.1. The Kier molecular flexibility index (Phi) is 4.02. The third kappa shape index (κ3) is 3.03. The number of hydrogen-bond donors (Lipinski definition) is 1. The molecular weight excluding hydrogens is 264 g/mol. The second kappa shape index (κ2) is 5.71. The highest BCUT2D eigenvalue weighted by molar-refractivity contribution is 6.33. The van der Waals surface area contributed by atoms with Gasteiger partial charge in [0.2, 0.25) is 5.91 Å². The number of para-hydroxylation sites is 1. The van der Waals surface area contributed by atoms with E-state index in [0.717, 1.165) is 0 Å². The average Bonchev–Trinajstić information content (AvgIpc) is 2.41. The second-order valence-corrected chi connectivity index (χ2v) is 4.50. The summed E-state index contributed by atoms with van der Waals surface area (Å²) in [6.45, 7) is 1.66. The van der Waals surface area contributed by atoms with Crippen molar-refractivity contribution in [2.45, 2.75) is 13.0 Å². The van der Waals surface area contributed by atoms with Gasteiger partial charge in [-0.15, -0.1) is 0 Å². The fourth-order valence-corrected chi connectivity index (χ4v) is 1.87. The van der Waals surface area contributed by atoms with Gasteiger partial charge < -0.3 is 9.88 Å². The zero-order valence-electron chi connectivity index (χ0n) is 10.3. The molecule has 4 nitrogen and oxygen atoms in total. The van der Waals surface area contributed by atoms with E-state index in [0.29, 0.717) is 10.7 Å². The van der Waals surface area contributed by atoms with Gasteiger partial charge in [-0.3, -0.25) is 9.59 Å². The standard InChI is InChI=1S/C14H13ClN2O2/c1-10(17-9-5-4-8-13(17)18)14(19)16-12-7-3-2-6-11(12)15/h2-10H,1H3,(H,16,19). The largest absolute Gasteiger partial charge is 0.323 e. The van der Waals surface area contributed by atoms with E-state index in [1.54, 1.807) is 49.5 Å². The molecule has 2 rings (SSSR count). The lowest BCUT2D eigenvalue weighted by molar-refractivity contribution is -0.118. The molecular formula is C14H13ClN2O2. The number of pyridine rings is 1. The topological polar surface area (TPSA) is 51.1 Å². The van der Waals surface area contributed by atoms with Crippen molar-refractivity contribution >= 4 is 23.2 Å². The van der Waals surface area contributed by atoms with Crippen molar-refractivity contribution in [1.82, 2.24) is 4.57 Å². The number of amides is 1. The van der Waals surface area contributed by atoms with Gasteiger partial charge in [0, 0.05) is 12.3 Å². The Labute approximate surface area is 115 Å². The predicted octanol–water partition coefficient (Wildman–Crippen LogP) is 2.70. The van der Waals surface area contributed by atoms with E-state index < -0.39 is 6.04 Å². The van der Waals surface area contributed by atoms with Crippen LogP contribution in [0.3, 0.4) is 0 Å². The second-order valence-electron chi connectivity index (χ2n) is 4.09. The van der Waals surface area contributed by atoms with Crippen molar-refractivity contribution in [1.29, 1.82) is 0 Å². The number of anilines is 1. The smallest absolute Gasteiger partial charge is 0.251 e. The Morgan fingerprint density at radius 2 is 1.89 bits per heavy atom. The summed E-state index contributed by atoms with van der Waals surface area (Å²) in [4.78, 5) is 23.7. The first-order valence-corrected chi connectivity index (χ1v) is 6.20. The average molecular weight is 277 g/mol. The molecule has 1 amide bonds. The lowest BCUT2D eigenvalue weighted by atomic mass is 10.2. The van der Waals surface area contributed by atoms with Crippen molar-refractivity contribution in [3.63, 3.8) is 0 Å². The van der Waals surface area contributed by atoms with Gasteiger partial charge in [-0.25, -0.2) is 0 Å². The molecule has 1 N–H and O–H groups in total. The third-order valence-electron chi connectivity index (χ3n) is 2.78. The van der Waals surface area contributed by atoms with Crippen molar-refractivity contribution < 1.29 is 4.79 Å². The summed E-state index contributed by atoms with van der Waals surface area (Å²) in [6.07, 6.45) is 1.58. The molecule has 98 valence electrons. The van der Waals surface area contributed by atoms with Crippen molar-refractivity contribution in [2.24, 2.45) is 0 Å². The maximum atomic E-state index is 12.1. The van der Waals surface area contributed by atoms with Crippen molar-refractivity contribution in [3.05, 3.63) is 64.0 Å². The monoisotopic (exact) mass is 276 g/mol. The van der Waals surface area contributed by atoms with E-state index in [2.05, 4.69) is 5.32 Å². The molecule has 1 aromatic carbocycles. The number of nitrogens with zero attached hydrogens (tertiary/aromatic N) is 1. The van der Waals surface area contributed by atoms with Crippen LogP contribution in [0.25, 0.3) is 0 Å². The number of nitrogens with one attached hydrogen (secondary N) is 1. The molecule has 0 aliphatic carbocycles. The number of carbonyl (C=O) groups is 1. The molecule has 0 saturated carbocycles. The van der Waals surface area contributed by atoms with Gasteiger partial charge >= 0.3 is 0 Å². The van der Waals surface area contributed by atoms with Crippen LogP contribution >= 0.6 is 11.6 Å². The molecule has 1 unspecified atom stereocenters. The van der Waals surface area contributed by atoms with E-state index in [1.165, 1.54) is 10.6 Å². The van der Waals surface area contributed by atoms with E-state index >= 15 is 0 Å². The Balaban J connectivity index is 2.19. The van der Waals surface area contributed by atoms with Gasteiger partial charge in [-0.2, -0.15) is 0 Å². The van der Waals surface area contributed by atoms with Crippen LogP contribution in [-0.2, 0) is 4.79 Å². The summed E-state index contributed by atoms with van der Waals surface area (Å²) in [6, 6.07) is 11.1. The Morgan fingerprint density at radius 3 is 2.58 bits per heavy atom. The summed E-state index contributed by atoms with van der Waals surface area (Å²) >= 11 is 5.97. The fourth-order valence-electron chi connectivity index (χ4n) is 1.69. The quantitative estimate of drug-likeness (QED) is 0.937. The van der Waals surface area contributed by atoms with Gasteiger partial charge in [0.25, 0.3) is 5.56 Å². The number of benzene rings is 1. The summed E-state index contributed by atoms with van der Waals surface area (Å²) in [7, 11) is 0. The third-order valence-corrected chi connectivity index (χ3v) is 3.11. The van der Waals surface area contributed by atoms with Gasteiger partial charge in [-0.05, 0) is 25.1 Å². The van der Waals surface area contributed by atoms with E-state index in [4.69, 9.17) is 11.6 Å². The highest BCUT2D eigenvalue weighted by Crippen LogP contribution is 2.21. The molecule has 0 aliphatic rings. The molecule has 1 heterocycles. The van der Waals surface area contributed by atoms with Crippen LogP contribution in [0, 0.1) is 0 Å². The number of hydrogen-bond acceptors (Lipinski definition) is 2. The molecule has 0 radical (unpaired) electrons. The lowest BCUT2D eigenvalue weighted by Crippen LogP contribution is -2.30. The molecule has 5 heteroatoms. The minimum atomic E-state index is -0.607. The van der Waals surface area contributed by atoms with Crippen LogP contribution in [0.1, 0.15) is 13.0 Å². The zero-order chi connectivity index (χ0) is 13.8. The summed E-state index contributed by atoms with van der Waals surface area (Å²) in [5.41, 5.74) is 0.314. The number of rotatable bonds is 3. The first kappa shape index (κ1) is 13.4. The number of carbonyl (C=O) groups excluding carboxylic acids is 1. The van der Waals surface area contributed by atoms with Crippen LogP contribution in [0.4, 0.5) is 5.69 Å². The molecule has 2 aromatic rings. The van der Waals surface area contributed by atoms with E-state index in [9.17, 15) is 9.59 Å². The normalized spacial score (nSPS) is 11.9. The lowest BCUT2D eigenvalue weighted by Gasteiger charge is -2.15.